The molecule has 0 saturated carbocycles. The molecule has 0 spiro atoms. The molecule has 1 aromatic rings. The van der Waals surface area contributed by atoms with E-state index in [2.05, 4.69) is 0 Å². The third kappa shape index (κ3) is 1.60. The molecule has 0 radical (unpaired) electrons. The zero-order chi connectivity index (χ0) is 10.9. The predicted molar refractivity (Wildman–Crippen MR) is 52.2 cm³/mol. The van der Waals surface area contributed by atoms with Gasteiger partial charge in [0.05, 0.1) is 14.6 Å². The molecular formula is C7H2FIN2O3. The van der Waals surface area contributed by atoms with E-state index in [1.165, 1.54) is 28.7 Å². The number of rotatable bonds is 1. The Labute approximate surface area is 91.1 Å². The number of nitrogens with zero attached hydrogens (tertiary/aromatic N) is 2. The maximum Gasteiger partial charge on any atom is 0.315 e. The van der Waals surface area contributed by atoms with Crippen molar-refractivity contribution in [1.82, 2.24) is 0 Å². The van der Waals surface area contributed by atoms with Crippen LogP contribution in [0, 0.1) is 30.8 Å². The van der Waals surface area contributed by atoms with Crippen molar-refractivity contribution >= 4 is 28.3 Å². The van der Waals surface area contributed by atoms with Gasteiger partial charge in [0.15, 0.2) is 0 Å². The van der Waals surface area contributed by atoms with Crippen LogP contribution in [-0.2, 0) is 0 Å². The van der Waals surface area contributed by atoms with E-state index in [9.17, 15) is 19.6 Å². The largest absolute Gasteiger partial charge is 0.501 e. The van der Waals surface area contributed by atoms with E-state index in [1.54, 1.807) is 0 Å². The number of benzene rings is 1. The van der Waals surface area contributed by atoms with Crippen LogP contribution in [0.15, 0.2) is 6.07 Å². The third-order valence-electron chi connectivity index (χ3n) is 1.48. The van der Waals surface area contributed by atoms with E-state index in [1.807, 2.05) is 0 Å². The summed E-state index contributed by atoms with van der Waals surface area (Å²) in [6.07, 6.45) is 0. The van der Waals surface area contributed by atoms with Crippen molar-refractivity contribution < 1.29 is 14.4 Å². The molecule has 0 aromatic heterocycles. The van der Waals surface area contributed by atoms with Crippen molar-refractivity contribution in [3.63, 3.8) is 0 Å². The monoisotopic (exact) mass is 308 g/mol. The number of nitro groups is 1. The molecule has 7 heteroatoms. The second-order valence-electron chi connectivity index (χ2n) is 2.28. The molecule has 0 unspecified atom stereocenters. The quantitative estimate of drug-likeness (QED) is 0.488. The normalized spacial score (nSPS) is 9.50. The number of phenols is 1. The van der Waals surface area contributed by atoms with Gasteiger partial charge in [0.1, 0.15) is 17.4 Å². The van der Waals surface area contributed by atoms with E-state index >= 15 is 0 Å². The Kier molecular flexibility index (Phi) is 2.85. The molecule has 0 atom stereocenters. The smallest absolute Gasteiger partial charge is 0.315 e. The minimum absolute atomic E-state index is 0.131. The summed E-state index contributed by atoms with van der Waals surface area (Å²) in [6.45, 7) is 0. The molecule has 0 fully saturated rings. The molecule has 0 aliphatic heterocycles. The van der Waals surface area contributed by atoms with E-state index in [4.69, 9.17) is 5.26 Å². The Balaban J connectivity index is 3.61. The number of hydrogen-bond donors (Lipinski definition) is 1. The van der Waals surface area contributed by atoms with E-state index < -0.39 is 27.7 Å². The molecule has 0 amide bonds. The van der Waals surface area contributed by atoms with Crippen LogP contribution >= 0.6 is 22.6 Å². The van der Waals surface area contributed by atoms with Crippen LogP contribution in [-0.4, -0.2) is 10.0 Å². The fourth-order valence-electron chi connectivity index (χ4n) is 0.844. The molecule has 72 valence electrons. The standard InChI is InChI=1S/C7H2FIN2O3/c8-4-1-5(11(13)14)7(12)3(2-10)6(4)9/h1,12H. The van der Waals surface area contributed by atoms with Crippen LogP contribution in [0.4, 0.5) is 10.1 Å². The predicted octanol–water partition coefficient (Wildman–Crippen LogP) is 1.92. The highest BCUT2D eigenvalue weighted by Crippen LogP contribution is 2.34. The van der Waals surface area contributed by atoms with E-state index in [-0.39, 0.29) is 3.57 Å². The lowest BCUT2D eigenvalue weighted by Crippen LogP contribution is -1.96. The van der Waals surface area contributed by atoms with Crippen molar-refractivity contribution in [2.75, 3.05) is 0 Å². The molecule has 0 saturated heterocycles. The molecule has 0 aliphatic carbocycles. The van der Waals surface area contributed by atoms with Gasteiger partial charge in [0.2, 0.25) is 5.75 Å². The number of aromatic hydroxyl groups is 1. The summed E-state index contributed by atoms with van der Waals surface area (Å²) in [5, 5.41) is 28.1. The Morgan fingerprint density at radius 3 is 2.71 bits per heavy atom. The SMILES string of the molecule is N#Cc1c(O)c([N+](=O)[O-])cc(F)c1I. The van der Waals surface area contributed by atoms with Gasteiger partial charge in [-0.25, -0.2) is 4.39 Å². The highest BCUT2D eigenvalue weighted by Gasteiger charge is 2.23. The van der Waals surface area contributed by atoms with Crippen LogP contribution in [0.1, 0.15) is 5.56 Å². The van der Waals surface area contributed by atoms with Crippen molar-refractivity contribution in [1.29, 1.82) is 5.26 Å². The lowest BCUT2D eigenvalue weighted by atomic mass is 10.2. The van der Waals surface area contributed by atoms with E-state index in [0.29, 0.717) is 6.07 Å². The summed E-state index contributed by atoms with van der Waals surface area (Å²) in [5.41, 5.74) is -1.23. The first-order chi connectivity index (χ1) is 6.49. The second kappa shape index (κ2) is 3.75. The Morgan fingerprint density at radius 1 is 1.71 bits per heavy atom. The van der Waals surface area contributed by atoms with Gasteiger partial charge in [0, 0.05) is 0 Å². The lowest BCUT2D eigenvalue weighted by Gasteiger charge is -2.01. The summed E-state index contributed by atoms with van der Waals surface area (Å²) in [7, 11) is 0. The van der Waals surface area contributed by atoms with Gasteiger partial charge in [-0.15, -0.1) is 0 Å². The number of nitro benzene ring substituents is 1. The number of hydrogen-bond acceptors (Lipinski definition) is 4. The maximum atomic E-state index is 13.0. The highest BCUT2D eigenvalue weighted by atomic mass is 127. The van der Waals surface area contributed by atoms with Crippen LogP contribution in [0.2, 0.25) is 0 Å². The molecule has 0 aliphatic rings. The maximum absolute atomic E-state index is 13.0. The minimum Gasteiger partial charge on any atom is -0.501 e. The van der Waals surface area contributed by atoms with Crippen LogP contribution < -0.4 is 0 Å². The number of phenolic OH excluding ortho intramolecular Hbond substituents is 1. The molecule has 0 bridgehead atoms. The van der Waals surface area contributed by atoms with Gasteiger partial charge in [-0.2, -0.15) is 5.26 Å². The first kappa shape index (κ1) is 10.6. The Bertz CT molecular complexity index is 455. The Morgan fingerprint density at radius 2 is 2.29 bits per heavy atom. The third-order valence-corrected chi connectivity index (χ3v) is 2.54. The van der Waals surface area contributed by atoms with Gasteiger partial charge in [-0.3, -0.25) is 10.1 Å². The van der Waals surface area contributed by atoms with Crippen molar-refractivity contribution in [2.24, 2.45) is 0 Å². The number of halogens is 2. The minimum atomic E-state index is -0.949. The van der Waals surface area contributed by atoms with Crippen LogP contribution in [0.3, 0.4) is 0 Å². The zero-order valence-corrected chi connectivity index (χ0v) is 8.65. The second-order valence-corrected chi connectivity index (χ2v) is 3.36. The zero-order valence-electron chi connectivity index (χ0n) is 6.49. The van der Waals surface area contributed by atoms with Crippen LogP contribution in [0.5, 0.6) is 5.75 Å². The average Bonchev–Trinajstić information content (AvgIpc) is 2.12. The first-order valence-corrected chi connectivity index (χ1v) is 4.32. The van der Waals surface area contributed by atoms with Gasteiger partial charge in [-0.1, -0.05) is 0 Å². The molecule has 1 rings (SSSR count). The van der Waals surface area contributed by atoms with Gasteiger partial charge < -0.3 is 5.11 Å². The molecule has 1 N–H and O–H groups in total. The van der Waals surface area contributed by atoms with Gasteiger partial charge in [-0.05, 0) is 22.6 Å². The van der Waals surface area contributed by atoms with Crippen molar-refractivity contribution in [3.05, 3.63) is 31.1 Å². The fraction of sp³-hybridized carbons (Fsp3) is 0. The van der Waals surface area contributed by atoms with Crippen molar-refractivity contribution in [3.8, 4) is 11.8 Å². The summed E-state index contributed by atoms with van der Waals surface area (Å²) in [6, 6.07) is 2.08. The Hall–Kier alpha value is -1.43. The average molecular weight is 308 g/mol. The summed E-state index contributed by atoms with van der Waals surface area (Å²) >= 11 is 1.49. The van der Waals surface area contributed by atoms with E-state index in [0.717, 1.165) is 0 Å². The first-order valence-electron chi connectivity index (χ1n) is 3.24. The van der Waals surface area contributed by atoms with Crippen LogP contribution in [0.25, 0.3) is 0 Å². The topological polar surface area (TPSA) is 87.2 Å². The summed E-state index contributed by atoms with van der Waals surface area (Å²) in [4.78, 5) is 9.37. The lowest BCUT2D eigenvalue weighted by molar-refractivity contribution is -0.386. The van der Waals surface area contributed by atoms with Gasteiger partial charge >= 0.3 is 5.69 Å². The fourth-order valence-corrected chi connectivity index (χ4v) is 1.38. The molecular weight excluding hydrogens is 306 g/mol. The van der Waals surface area contributed by atoms with Gasteiger partial charge in [0.25, 0.3) is 0 Å². The molecule has 0 heterocycles. The number of nitriles is 1. The highest BCUT2D eigenvalue weighted by molar-refractivity contribution is 14.1. The summed E-state index contributed by atoms with van der Waals surface area (Å²) in [5.74, 6) is -1.70. The summed E-state index contributed by atoms with van der Waals surface area (Å²) < 4.78 is 12.9. The molecule has 14 heavy (non-hydrogen) atoms. The van der Waals surface area contributed by atoms with Crippen molar-refractivity contribution in [2.45, 2.75) is 0 Å². The molecule has 1 aromatic carbocycles. The molecule has 5 nitrogen and oxygen atoms in total.